The van der Waals surface area contributed by atoms with Crippen molar-refractivity contribution in [3.63, 3.8) is 0 Å². The summed E-state index contributed by atoms with van der Waals surface area (Å²) in [5, 5.41) is 10.6. The van der Waals surface area contributed by atoms with Crippen molar-refractivity contribution in [3.8, 4) is 0 Å². The van der Waals surface area contributed by atoms with E-state index in [1.54, 1.807) is 0 Å². The van der Waals surface area contributed by atoms with E-state index in [0.717, 1.165) is 12.8 Å². The molecule has 0 aromatic rings. The van der Waals surface area contributed by atoms with E-state index in [1.807, 2.05) is 6.92 Å². The Balaban J connectivity index is 2.89. The third-order valence-electron chi connectivity index (χ3n) is 4.38. The van der Waals surface area contributed by atoms with Gasteiger partial charge in [-0.05, 0) is 0 Å². The van der Waals surface area contributed by atoms with Gasteiger partial charge >= 0.3 is 118 Å². The van der Waals surface area contributed by atoms with Crippen molar-refractivity contribution < 1.29 is 5.11 Å². The number of rotatable bonds is 3. The normalized spacial score (nSPS) is 38.1. The topological polar surface area (TPSA) is 20.2 Å². The Labute approximate surface area is 117 Å². The van der Waals surface area contributed by atoms with Crippen molar-refractivity contribution in [3.05, 3.63) is 22.3 Å². The maximum atomic E-state index is 10.6. The predicted octanol–water partition coefficient (Wildman–Crippen LogP) is 4.41. The second-order valence-electron chi connectivity index (χ2n) is 7.52. The molecule has 4 atom stereocenters. The van der Waals surface area contributed by atoms with Gasteiger partial charge in [0, 0.05) is 0 Å². The first kappa shape index (κ1) is 16.3. The average Bonchev–Trinajstić information content (AvgIpc) is 2.18. The van der Waals surface area contributed by atoms with Gasteiger partial charge in [-0.1, -0.05) is 0 Å². The molecular weight excluding hydrogens is 327 g/mol. The first-order chi connectivity index (χ1) is 8.03. The van der Waals surface area contributed by atoms with Crippen LogP contribution in [0.25, 0.3) is 0 Å². The molecule has 0 aromatic carbocycles. The number of allylic oxidation sites excluding steroid dienone is 2. The molecule has 1 saturated carbocycles. The Morgan fingerprint density at radius 3 is 2.39 bits per heavy atom. The van der Waals surface area contributed by atoms with E-state index < -0.39 is 24.0 Å². The molecule has 0 heterocycles. The van der Waals surface area contributed by atoms with Gasteiger partial charge in [0.2, 0.25) is 0 Å². The third kappa shape index (κ3) is 4.41. The van der Waals surface area contributed by atoms with E-state index in [1.165, 1.54) is 5.57 Å². The standard InChI is InChI=1S/C13H21O.3CH3.Sn/c1-6-11-7-12(9(2)3)8-13(5,14)10(11)4;;;;/h1,6,10-12,14H,2,7-8H2,3-5H3;3*1H3;/t10-,11-,12-,13-;;;;/m1..../s1. The summed E-state index contributed by atoms with van der Waals surface area (Å²) in [4.78, 5) is 7.27. The molecule has 1 nitrogen and oxygen atoms in total. The Kier molecular flexibility index (Phi) is 5.16. The second-order valence-corrected chi connectivity index (χ2v) is 22.0. The third-order valence-corrected chi connectivity index (χ3v) is 7.78. The van der Waals surface area contributed by atoms with Crippen LogP contribution in [0.3, 0.4) is 0 Å². The fourth-order valence-corrected chi connectivity index (χ4v) is 5.15. The van der Waals surface area contributed by atoms with Crippen LogP contribution in [0.2, 0.25) is 14.8 Å². The van der Waals surface area contributed by atoms with E-state index in [4.69, 9.17) is 0 Å². The molecule has 0 unspecified atom stereocenters. The van der Waals surface area contributed by atoms with Gasteiger partial charge in [-0.3, -0.25) is 0 Å². The summed E-state index contributed by atoms with van der Waals surface area (Å²) in [5.41, 5.74) is 0.671. The van der Waals surface area contributed by atoms with Gasteiger partial charge in [-0.2, -0.15) is 0 Å². The molecule has 0 amide bonds. The van der Waals surface area contributed by atoms with E-state index >= 15 is 0 Å². The van der Waals surface area contributed by atoms with Crippen LogP contribution in [-0.4, -0.2) is 29.1 Å². The second kappa shape index (κ2) is 5.70. The van der Waals surface area contributed by atoms with Gasteiger partial charge in [-0.15, -0.1) is 0 Å². The average molecular weight is 357 g/mol. The van der Waals surface area contributed by atoms with Crippen molar-refractivity contribution in [2.24, 2.45) is 17.8 Å². The molecule has 1 fully saturated rings. The molecule has 1 N–H and O–H groups in total. The number of hydrogen-bond donors (Lipinski definition) is 1. The van der Waals surface area contributed by atoms with Gasteiger partial charge in [0.05, 0.1) is 0 Å². The zero-order chi connectivity index (χ0) is 14.1. The van der Waals surface area contributed by atoms with Crippen molar-refractivity contribution in [2.75, 3.05) is 0 Å². The molecule has 0 radical (unpaired) electrons. The Bertz CT molecular complexity index is 335. The first-order valence-corrected chi connectivity index (χ1v) is 17.3. The molecular formula is C16H30OSn. The van der Waals surface area contributed by atoms with Crippen LogP contribution in [0, 0.1) is 17.8 Å². The van der Waals surface area contributed by atoms with Crippen LogP contribution >= 0.6 is 0 Å². The molecule has 1 rings (SSSR count). The SMILES string of the molecule is C=C(C)[C@@H]1C[C@@H](/C=[CH]\[Sn]([CH3])([CH3])[CH3])[C@@H](C)[C@](C)(O)C1. The summed E-state index contributed by atoms with van der Waals surface area (Å²) in [7, 11) is 0. The van der Waals surface area contributed by atoms with Gasteiger partial charge in [-0.25, -0.2) is 0 Å². The van der Waals surface area contributed by atoms with E-state index in [0.29, 0.717) is 17.8 Å². The zero-order valence-electron chi connectivity index (χ0n) is 13.0. The summed E-state index contributed by atoms with van der Waals surface area (Å²) in [6, 6.07) is 0. The molecule has 2 heteroatoms. The fourth-order valence-electron chi connectivity index (χ4n) is 2.79. The van der Waals surface area contributed by atoms with E-state index in [2.05, 4.69) is 45.4 Å². The van der Waals surface area contributed by atoms with Gasteiger partial charge in [0.1, 0.15) is 0 Å². The van der Waals surface area contributed by atoms with Gasteiger partial charge < -0.3 is 0 Å². The van der Waals surface area contributed by atoms with Crippen LogP contribution in [0.1, 0.15) is 33.6 Å². The van der Waals surface area contributed by atoms with E-state index in [-0.39, 0.29) is 0 Å². The van der Waals surface area contributed by atoms with Crippen LogP contribution in [-0.2, 0) is 0 Å². The first-order valence-electron chi connectivity index (χ1n) is 7.10. The fraction of sp³-hybridized carbons (Fsp3) is 0.750. The van der Waals surface area contributed by atoms with Crippen LogP contribution in [0.4, 0.5) is 0 Å². The molecule has 0 saturated heterocycles. The summed E-state index contributed by atoms with van der Waals surface area (Å²) in [6.45, 7) is 10.4. The molecule has 1 aliphatic carbocycles. The summed E-state index contributed by atoms with van der Waals surface area (Å²) >= 11 is -1.85. The minimum absolute atomic E-state index is 0.345. The number of aliphatic hydroxyl groups is 1. The minimum atomic E-state index is -1.85. The number of hydrogen-bond acceptors (Lipinski definition) is 1. The van der Waals surface area contributed by atoms with Crippen LogP contribution < -0.4 is 0 Å². The van der Waals surface area contributed by atoms with Crippen molar-refractivity contribution in [1.29, 1.82) is 0 Å². The summed E-state index contributed by atoms with van der Waals surface area (Å²) in [5.74, 6) is 1.32. The van der Waals surface area contributed by atoms with Crippen molar-refractivity contribution >= 4 is 18.4 Å². The van der Waals surface area contributed by atoms with Crippen molar-refractivity contribution in [1.82, 2.24) is 0 Å². The monoisotopic (exact) mass is 358 g/mol. The molecule has 0 spiro atoms. The van der Waals surface area contributed by atoms with Crippen molar-refractivity contribution in [2.45, 2.75) is 54.0 Å². The summed E-state index contributed by atoms with van der Waals surface area (Å²) in [6.07, 6.45) is 4.43. The molecule has 18 heavy (non-hydrogen) atoms. The van der Waals surface area contributed by atoms with Crippen LogP contribution in [0.5, 0.6) is 0 Å². The molecule has 1 aliphatic rings. The quantitative estimate of drug-likeness (QED) is 0.586. The predicted molar refractivity (Wildman–Crippen MR) is 83.3 cm³/mol. The Morgan fingerprint density at radius 2 is 1.94 bits per heavy atom. The van der Waals surface area contributed by atoms with Gasteiger partial charge in [0.25, 0.3) is 0 Å². The molecule has 0 bridgehead atoms. The molecule has 0 aliphatic heterocycles. The van der Waals surface area contributed by atoms with Gasteiger partial charge in [0.15, 0.2) is 0 Å². The van der Waals surface area contributed by atoms with E-state index in [9.17, 15) is 5.11 Å². The van der Waals surface area contributed by atoms with Crippen LogP contribution in [0.15, 0.2) is 22.3 Å². The maximum absolute atomic E-state index is 10.6. The zero-order valence-corrected chi connectivity index (χ0v) is 15.8. The molecule has 104 valence electrons. The molecule has 0 aromatic heterocycles. The summed E-state index contributed by atoms with van der Waals surface area (Å²) < 4.78 is 2.49. The Morgan fingerprint density at radius 1 is 1.39 bits per heavy atom. The Hall–Kier alpha value is 0.239.